The predicted octanol–water partition coefficient (Wildman–Crippen LogP) is 3.95. The molecule has 6 heteroatoms. The number of rotatable bonds is 8. The van der Waals surface area contributed by atoms with Crippen molar-refractivity contribution in [1.29, 1.82) is 0 Å². The minimum Gasteiger partial charge on any atom is -0.383 e. The van der Waals surface area contributed by atoms with E-state index in [1.165, 1.54) is 12.1 Å². The quantitative estimate of drug-likeness (QED) is 0.601. The van der Waals surface area contributed by atoms with E-state index in [9.17, 15) is 4.39 Å². The van der Waals surface area contributed by atoms with E-state index < -0.39 is 0 Å². The van der Waals surface area contributed by atoms with Crippen LogP contribution in [0.3, 0.4) is 0 Å². The Labute approximate surface area is 152 Å². The van der Waals surface area contributed by atoms with Crippen LogP contribution in [0, 0.1) is 5.82 Å². The van der Waals surface area contributed by atoms with Gasteiger partial charge in [0.05, 0.1) is 6.61 Å². The van der Waals surface area contributed by atoms with E-state index in [2.05, 4.69) is 20.6 Å². The van der Waals surface area contributed by atoms with Gasteiger partial charge in [-0.15, -0.1) is 0 Å². The summed E-state index contributed by atoms with van der Waals surface area (Å²) in [7, 11) is 1.66. The van der Waals surface area contributed by atoms with Gasteiger partial charge in [0.2, 0.25) is 0 Å². The number of benzene rings is 2. The van der Waals surface area contributed by atoms with Gasteiger partial charge in [-0.1, -0.05) is 42.5 Å². The Morgan fingerprint density at radius 3 is 2.31 bits per heavy atom. The molecule has 0 saturated carbocycles. The fourth-order valence-corrected chi connectivity index (χ4v) is 2.42. The largest absolute Gasteiger partial charge is 0.383 e. The highest BCUT2D eigenvalue weighted by Crippen LogP contribution is 2.20. The SMILES string of the molecule is COCCNc1cc(NCc2ccc(F)cc2)nc(-c2ccccc2)n1. The minimum atomic E-state index is -0.244. The topological polar surface area (TPSA) is 59.1 Å². The summed E-state index contributed by atoms with van der Waals surface area (Å²) < 4.78 is 18.1. The Hall–Kier alpha value is -2.99. The van der Waals surface area contributed by atoms with Crippen LogP contribution in [0.2, 0.25) is 0 Å². The lowest BCUT2D eigenvalue weighted by molar-refractivity contribution is 0.210. The maximum absolute atomic E-state index is 13.0. The molecular formula is C20H21FN4O. The number of anilines is 2. The van der Waals surface area contributed by atoms with Crippen molar-refractivity contribution in [3.05, 3.63) is 72.0 Å². The summed E-state index contributed by atoms with van der Waals surface area (Å²) in [6, 6.07) is 18.1. The molecule has 134 valence electrons. The Balaban J connectivity index is 1.80. The molecule has 0 bridgehead atoms. The summed E-state index contributed by atoms with van der Waals surface area (Å²) in [6.45, 7) is 1.78. The van der Waals surface area contributed by atoms with Crippen molar-refractivity contribution in [1.82, 2.24) is 9.97 Å². The fraction of sp³-hybridized carbons (Fsp3) is 0.200. The summed E-state index contributed by atoms with van der Waals surface area (Å²) in [5, 5.41) is 6.51. The average molecular weight is 352 g/mol. The zero-order valence-electron chi connectivity index (χ0n) is 14.6. The highest BCUT2D eigenvalue weighted by molar-refractivity contribution is 5.61. The summed E-state index contributed by atoms with van der Waals surface area (Å²) in [5.41, 5.74) is 1.91. The zero-order chi connectivity index (χ0) is 18.2. The third kappa shape index (κ3) is 5.00. The summed E-state index contributed by atoms with van der Waals surface area (Å²) in [5.74, 6) is 1.81. The van der Waals surface area contributed by atoms with Crippen molar-refractivity contribution < 1.29 is 9.13 Å². The summed E-state index contributed by atoms with van der Waals surface area (Å²) in [6.07, 6.45) is 0. The molecule has 2 aromatic carbocycles. The van der Waals surface area contributed by atoms with Crippen LogP contribution in [0.1, 0.15) is 5.56 Å². The Kier molecular flexibility index (Phi) is 6.11. The van der Waals surface area contributed by atoms with E-state index in [4.69, 9.17) is 4.74 Å². The van der Waals surface area contributed by atoms with Crippen molar-refractivity contribution >= 4 is 11.6 Å². The molecule has 3 rings (SSSR count). The smallest absolute Gasteiger partial charge is 0.163 e. The van der Waals surface area contributed by atoms with E-state index in [0.29, 0.717) is 31.3 Å². The molecule has 0 saturated heterocycles. The van der Waals surface area contributed by atoms with Crippen LogP contribution in [0.4, 0.5) is 16.0 Å². The van der Waals surface area contributed by atoms with Gasteiger partial charge in [-0.05, 0) is 17.7 Å². The first kappa shape index (κ1) is 17.8. The van der Waals surface area contributed by atoms with Gasteiger partial charge >= 0.3 is 0 Å². The molecule has 26 heavy (non-hydrogen) atoms. The first-order valence-corrected chi connectivity index (χ1v) is 8.40. The van der Waals surface area contributed by atoms with Gasteiger partial charge in [0.25, 0.3) is 0 Å². The summed E-state index contributed by atoms with van der Waals surface area (Å²) >= 11 is 0. The van der Waals surface area contributed by atoms with E-state index in [-0.39, 0.29) is 5.82 Å². The van der Waals surface area contributed by atoms with Crippen LogP contribution in [-0.2, 0) is 11.3 Å². The number of hydrogen-bond donors (Lipinski definition) is 2. The minimum absolute atomic E-state index is 0.244. The number of ether oxygens (including phenoxy) is 1. The lowest BCUT2D eigenvalue weighted by atomic mass is 10.2. The number of aromatic nitrogens is 2. The average Bonchev–Trinajstić information content (AvgIpc) is 2.68. The molecule has 0 amide bonds. The van der Waals surface area contributed by atoms with Crippen molar-refractivity contribution in [3.63, 3.8) is 0 Å². The molecule has 0 aliphatic heterocycles. The van der Waals surface area contributed by atoms with Gasteiger partial charge in [-0.3, -0.25) is 0 Å². The van der Waals surface area contributed by atoms with Gasteiger partial charge in [0.1, 0.15) is 17.5 Å². The lowest BCUT2D eigenvalue weighted by Crippen LogP contribution is -2.11. The number of hydrogen-bond acceptors (Lipinski definition) is 5. The van der Waals surface area contributed by atoms with Crippen LogP contribution in [0.25, 0.3) is 11.4 Å². The van der Waals surface area contributed by atoms with E-state index in [1.807, 2.05) is 36.4 Å². The molecule has 0 fully saturated rings. The fourth-order valence-electron chi connectivity index (χ4n) is 2.42. The van der Waals surface area contributed by atoms with E-state index in [0.717, 1.165) is 16.9 Å². The van der Waals surface area contributed by atoms with Crippen molar-refractivity contribution in [3.8, 4) is 11.4 Å². The first-order chi connectivity index (χ1) is 12.7. The molecule has 0 aliphatic carbocycles. The van der Waals surface area contributed by atoms with E-state index in [1.54, 1.807) is 19.2 Å². The highest BCUT2D eigenvalue weighted by atomic mass is 19.1. The van der Waals surface area contributed by atoms with Gasteiger partial charge < -0.3 is 15.4 Å². The van der Waals surface area contributed by atoms with Crippen LogP contribution in [0.15, 0.2) is 60.7 Å². The molecule has 0 unspecified atom stereocenters. The Morgan fingerprint density at radius 1 is 0.923 bits per heavy atom. The van der Waals surface area contributed by atoms with Gasteiger partial charge in [-0.25, -0.2) is 14.4 Å². The summed E-state index contributed by atoms with van der Waals surface area (Å²) in [4.78, 5) is 9.17. The standard InChI is InChI=1S/C20H21FN4O/c1-26-12-11-22-18-13-19(23-14-15-7-9-17(21)10-8-15)25-20(24-18)16-5-3-2-4-6-16/h2-10,13H,11-12,14H2,1H3,(H2,22,23,24,25). The Morgan fingerprint density at radius 2 is 1.62 bits per heavy atom. The molecule has 3 aromatic rings. The number of methoxy groups -OCH3 is 1. The molecule has 0 radical (unpaired) electrons. The second kappa shape index (κ2) is 8.92. The monoisotopic (exact) mass is 352 g/mol. The molecule has 1 heterocycles. The van der Waals surface area contributed by atoms with Gasteiger partial charge in [-0.2, -0.15) is 0 Å². The molecule has 5 nitrogen and oxygen atoms in total. The molecule has 2 N–H and O–H groups in total. The normalized spacial score (nSPS) is 10.5. The second-order valence-corrected chi connectivity index (χ2v) is 5.73. The lowest BCUT2D eigenvalue weighted by Gasteiger charge is -2.11. The van der Waals surface area contributed by atoms with Crippen molar-refractivity contribution in [2.45, 2.75) is 6.54 Å². The zero-order valence-corrected chi connectivity index (χ0v) is 14.6. The number of nitrogens with zero attached hydrogens (tertiary/aromatic N) is 2. The predicted molar refractivity (Wildman–Crippen MR) is 102 cm³/mol. The molecule has 0 aliphatic rings. The molecular weight excluding hydrogens is 331 g/mol. The first-order valence-electron chi connectivity index (χ1n) is 8.40. The van der Waals surface area contributed by atoms with Gasteiger partial charge in [0.15, 0.2) is 5.82 Å². The van der Waals surface area contributed by atoms with Crippen LogP contribution in [-0.4, -0.2) is 30.2 Å². The highest BCUT2D eigenvalue weighted by Gasteiger charge is 2.07. The van der Waals surface area contributed by atoms with Gasteiger partial charge in [0, 0.05) is 31.8 Å². The molecule has 0 atom stereocenters. The van der Waals surface area contributed by atoms with Crippen LogP contribution < -0.4 is 10.6 Å². The maximum Gasteiger partial charge on any atom is 0.163 e. The second-order valence-electron chi connectivity index (χ2n) is 5.73. The van der Waals surface area contributed by atoms with Crippen molar-refractivity contribution in [2.75, 3.05) is 30.9 Å². The number of nitrogens with one attached hydrogen (secondary N) is 2. The third-order valence-corrected chi connectivity index (χ3v) is 3.76. The third-order valence-electron chi connectivity index (χ3n) is 3.76. The molecule has 1 aromatic heterocycles. The van der Waals surface area contributed by atoms with Crippen molar-refractivity contribution in [2.24, 2.45) is 0 Å². The van der Waals surface area contributed by atoms with Crippen LogP contribution in [0.5, 0.6) is 0 Å². The molecule has 0 spiro atoms. The van der Waals surface area contributed by atoms with E-state index >= 15 is 0 Å². The van der Waals surface area contributed by atoms with Crippen LogP contribution >= 0.6 is 0 Å². The maximum atomic E-state index is 13.0. The number of halogens is 1. The Bertz CT molecular complexity index is 825.